The summed E-state index contributed by atoms with van der Waals surface area (Å²) in [6.07, 6.45) is 9.89. The lowest BCUT2D eigenvalue weighted by molar-refractivity contribution is 0.603. The van der Waals surface area contributed by atoms with Crippen LogP contribution in [0.3, 0.4) is 0 Å². The summed E-state index contributed by atoms with van der Waals surface area (Å²) in [6.45, 7) is 2.95. The van der Waals surface area contributed by atoms with Crippen molar-refractivity contribution in [3.63, 3.8) is 0 Å². The first-order valence-corrected chi connectivity index (χ1v) is 5.57. The van der Waals surface area contributed by atoms with Gasteiger partial charge in [-0.2, -0.15) is 0 Å². The van der Waals surface area contributed by atoms with Gasteiger partial charge in [-0.15, -0.1) is 11.8 Å². The summed E-state index contributed by atoms with van der Waals surface area (Å²) in [5, 5.41) is 0. The number of nitrogens with two attached hydrogens (primary N) is 1. The molecule has 0 saturated heterocycles. The third kappa shape index (κ3) is 11.5. The quantitative estimate of drug-likeness (QED) is 0.474. The Kier molecular flexibility index (Phi) is 11.1. The lowest BCUT2D eigenvalue weighted by Crippen LogP contribution is -1.97. The summed E-state index contributed by atoms with van der Waals surface area (Å²) in [5.41, 5.74) is 5.41. The van der Waals surface area contributed by atoms with Crippen LogP contribution in [0, 0.1) is 11.8 Å². The molecular formula is C12H23N. The maximum absolute atomic E-state index is 5.41. The van der Waals surface area contributed by atoms with Gasteiger partial charge in [-0.25, -0.2) is 0 Å². The molecule has 13 heavy (non-hydrogen) atoms. The zero-order valence-electron chi connectivity index (χ0n) is 8.94. The van der Waals surface area contributed by atoms with Crippen LogP contribution in [0.2, 0.25) is 0 Å². The molecule has 0 aliphatic heterocycles. The van der Waals surface area contributed by atoms with Gasteiger partial charge in [0.2, 0.25) is 0 Å². The molecule has 76 valence electrons. The molecule has 1 nitrogen and oxygen atoms in total. The molecular weight excluding hydrogens is 158 g/mol. The van der Waals surface area contributed by atoms with Crippen LogP contribution >= 0.6 is 0 Å². The second-order valence-corrected chi connectivity index (χ2v) is 3.37. The molecule has 2 N–H and O–H groups in total. The normalized spacial score (nSPS) is 9.38. The van der Waals surface area contributed by atoms with E-state index in [4.69, 9.17) is 5.73 Å². The highest BCUT2D eigenvalue weighted by atomic mass is 14.5. The van der Waals surface area contributed by atoms with E-state index in [2.05, 4.69) is 18.8 Å². The summed E-state index contributed by atoms with van der Waals surface area (Å²) in [7, 11) is 0. The van der Waals surface area contributed by atoms with Gasteiger partial charge < -0.3 is 5.73 Å². The number of hydrogen-bond donors (Lipinski definition) is 1. The van der Waals surface area contributed by atoms with Gasteiger partial charge in [0.25, 0.3) is 0 Å². The van der Waals surface area contributed by atoms with Crippen molar-refractivity contribution >= 4 is 0 Å². The van der Waals surface area contributed by atoms with Gasteiger partial charge in [0.05, 0.1) is 0 Å². The van der Waals surface area contributed by atoms with Gasteiger partial charge in [0, 0.05) is 12.8 Å². The Hall–Kier alpha value is -0.480. The van der Waals surface area contributed by atoms with Crippen molar-refractivity contribution in [2.24, 2.45) is 5.73 Å². The minimum atomic E-state index is 0.849. The van der Waals surface area contributed by atoms with Crippen molar-refractivity contribution in [1.82, 2.24) is 0 Å². The van der Waals surface area contributed by atoms with Crippen LogP contribution in [0.1, 0.15) is 58.3 Å². The van der Waals surface area contributed by atoms with E-state index >= 15 is 0 Å². The third-order valence-corrected chi connectivity index (χ3v) is 2.06. The summed E-state index contributed by atoms with van der Waals surface area (Å²) in [4.78, 5) is 0. The van der Waals surface area contributed by atoms with Crippen molar-refractivity contribution in [3.05, 3.63) is 0 Å². The van der Waals surface area contributed by atoms with Gasteiger partial charge in [-0.1, -0.05) is 32.6 Å². The van der Waals surface area contributed by atoms with Crippen LogP contribution in [-0.2, 0) is 0 Å². The highest BCUT2D eigenvalue weighted by molar-refractivity contribution is 4.97. The van der Waals surface area contributed by atoms with Crippen LogP contribution in [0.5, 0.6) is 0 Å². The fourth-order valence-electron chi connectivity index (χ4n) is 1.28. The summed E-state index contributed by atoms with van der Waals surface area (Å²) >= 11 is 0. The first-order chi connectivity index (χ1) is 6.41. The van der Waals surface area contributed by atoms with E-state index in [1.165, 1.54) is 38.5 Å². The number of rotatable bonds is 7. The van der Waals surface area contributed by atoms with Gasteiger partial charge in [0.1, 0.15) is 0 Å². The second kappa shape index (κ2) is 11.5. The Morgan fingerprint density at radius 3 is 2.08 bits per heavy atom. The largest absolute Gasteiger partial charge is 0.330 e. The number of unbranched alkanes of at least 4 members (excludes halogenated alkanes) is 6. The Morgan fingerprint density at radius 2 is 1.46 bits per heavy atom. The van der Waals surface area contributed by atoms with E-state index in [0.29, 0.717) is 0 Å². The molecule has 0 aliphatic carbocycles. The molecule has 0 amide bonds. The van der Waals surface area contributed by atoms with Gasteiger partial charge >= 0.3 is 0 Å². The molecule has 0 atom stereocenters. The van der Waals surface area contributed by atoms with E-state index in [0.717, 1.165) is 19.4 Å². The molecule has 0 saturated carbocycles. The molecule has 1 heteroatoms. The Bertz CT molecular complexity index is 141. The molecule has 0 radical (unpaired) electrons. The Balaban J connectivity index is 2.91. The molecule has 0 aromatic rings. The van der Waals surface area contributed by atoms with E-state index < -0.39 is 0 Å². The first-order valence-electron chi connectivity index (χ1n) is 5.57. The highest BCUT2D eigenvalue weighted by Crippen LogP contribution is 2.05. The minimum absolute atomic E-state index is 0.849. The van der Waals surface area contributed by atoms with Crippen LogP contribution < -0.4 is 5.73 Å². The minimum Gasteiger partial charge on any atom is -0.330 e. The van der Waals surface area contributed by atoms with E-state index in [9.17, 15) is 0 Å². The summed E-state index contributed by atoms with van der Waals surface area (Å²) in [6, 6.07) is 0. The summed E-state index contributed by atoms with van der Waals surface area (Å²) in [5.74, 6) is 6.26. The maximum Gasteiger partial charge on any atom is 0.00886 e. The van der Waals surface area contributed by atoms with E-state index in [-0.39, 0.29) is 0 Å². The number of hydrogen-bond acceptors (Lipinski definition) is 1. The molecule has 0 bridgehead atoms. The molecule has 0 unspecified atom stereocenters. The fourth-order valence-corrected chi connectivity index (χ4v) is 1.28. The van der Waals surface area contributed by atoms with Crippen molar-refractivity contribution in [1.29, 1.82) is 0 Å². The first kappa shape index (κ1) is 12.5. The molecule has 0 rings (SSSR count). The second-order valence-electron chi connectivity index (χ2n) is 3.37. The third-order valence-electron chi connectivity index (χ3n) is 2.06. The molecule has 0 aromatic carbocycles. The fraction of sp³-hybridized carbons (Fsp3) is 0.833. The molecule has 0 spiro atoms. The highest BCUT2D eigenvalue weighted by Gasteiger charge is 1.88. The topological polar surface area (TPSA) is 26.0 Å². The van der Waals surface area contributed by atoms with Crippen molar-refractivity contribution < 1.29 is 0 Å². The van der Waals surface area contributed by atoms with Crippen LogP contribution in [-0.4, -0.2) is 6.54 Å². The van der Waals surface area contributed by atoms with Gasteiger partial charge in [-0.05, 0) is 19.4 Å². The Labute approximate surface area is 83.1 Å². The van der Waals surface area contributed by atoms with Crippen LogP contribution in [0.4, 0.5) is 0 Å². The standard InChI is InChI=1S/C12H23N/c1-2-3-4-5-6-7-8-9-10-11-12-13/h2,5-13H2,1H3. The monoisotopic (exact) mass is 181 g/mol. The lowest BCUT2D eigenvalue weighted by atomic mass is 10.1. The molecule has 0 fully saturated rings. The Morgan fingerprint density at radius 1 is 0.846 bits per heavy atom. The average molecular weight is 181 g/mol. The van der Waals surface area contributed by atoms with Gasteiger partial charge in [0.15, 0.2) is 0 Å². The van der Waals surface area contributed by atoms with Crippen molar-refractivity contribution in [2.75, 3.05) is 6.54 Å². The zero-order chi connectivity index (χ0) is 9.78. The maximum atomic E-state index is 5.41. The molecule has 0 heterocycles. The van der Waals surface area contributed by atoms with Crippen molar-refractivity contribution in [2.45, 2.75) is 58.3 Å². The van der Waals surface area contributed by atoms with E-state index in [1.54, 1.807) is 0 Å². The molecule has 0 aromatic heterocycles. The summed E-state index contributed by atoms with van der Waals surface area (Å²) < 4.78 is 0. The van der Waals surface area contributed by atoms with Crippen LogP contribution in [0.15, 0.2) is 0 Å². The van der Waals surface area contributed by atoms with Gasteiger partial charge in [-0.3, -0.25) is 0 Å². The van der Waals surface area contributed by atoms with Crippen LogP contribution in [0.25, 0.3) is 0 Å². The zero-order valence-corrected chi connectivity index (χ0v) is 8.94. The predicted molar refractivity (Wildman–Crippen MR) is 59.4 cm³/mol. The van der Waals surface area contributed by atoms with E-state index in [1.807, 2.05) is 0 Å². The molecule has 0 aliphatic rings. The lowest BCUT2D eigenvalue weighted by Gasteiger charge is -1.97. The smallest absolute Gasteiger partial charge is 0.00886 e. The SMILES string of the molecule is CCC#CCCCCCCCCN. The van der Waals surface area contributed by atoms with Crippen molar-refractivity contribution in [3.8, 4) is 11.8 Å². The average Bonchev–Trinajstić information content (AvgIpc) is 2.16. The predicted octanol–water partition coefficient (Wildman–Crippen LogP) is 3.09.